The number of aromatic nitrogens is 4. The van der Waals surface area contributed by atoms with E-state index in [2.05, 4.69) is 20.6 Å². The summed E-state index contributed by atoms with van der Waals surface area (Å²) in [7, 11) is 1.60. The van der Waals surface area contributed by atoms with E-state index in [4.69, 9.17) is 9.15 Å². The summed E-state index contributed by atoms with van der Waals surface area (Å²) >= 11 is 1.19. The SMILES string of the molecule is COc1ccc(NC(=O)CSc2nn3cnnc3o2)c(C)c1. The van der Waals surface area contributed by atoms with Crippen LogP contribution in [-0.2, 0) is 4.79 Å². The van der Waals surface area contributed by atoms with Crippen LogP contribution in [-0.4, -0.2) is 38.6 Å². The average Bonchev–Trinajstić information content (AvgIpc) is 3.08. The van der Waals surface area contributed by atoms with E-state index < -0.39 is 0 Å². The largest absolute Gasteiger partial charge is 0.497 e. The van der Waals surface area contributed by atoms with Gasteiger partial charge in [0.1, 0.15) is 12.1 Å². The molecular formula is C13H13N5O3S. The minimum Gasteiger partial charge on any atom is -0.497 e. The molecule has 8 nitrogen and oxygen atoms in total. The van der Waals surface area contributed by atoms with Crippen molar-refractivity contribution in [3.63, 3.8) is 0 Å². The third kappa shape index (κ3) is 3.03. The van der Waals surface area contributed by atoms with Crippen LogP contribution in [0.4, 0.5) is 5.69 Å². The van der Waals surface area contributed by atoms with Gasteiger partial charge >= 0.3 is 5.84 Å². The molecule has 0 aliphatic heterocycles. The van der Waals surface area contributed by atoms with Crippen molar-refractivity contribution in [3.05, 3.63) is 30.1 Å². The smallest absolute Gasteiger partial charge is 0.345 e. The molecule has 0 fully saturated rings. The van der Waals surface area contributed by atoms with Gasteiger partial charge in [0.15, 0.2) is 0 Å². The molecule has 0 unspecified atom stereocenters. The van der Waals surface area contributed by atoms with Crippen LogP contribution in [0.3, 0.4) is 0 Å². The number of anilines is 1. The Hall–Kier alpha value is -2.55. The molecule has 0 atom stereocenters. The summed E-state index contributed by atoms with van der Waals surface area (Å²) in [6.45, 7) is 1.90. The molecule has 1 amide bonds. The number of benzene rings is 1. The number of ether oxygens (including phenoxy) is 1. The van der Waals surface area contributed by atoms with Gasteiger partial charge < -0.3 is 14.5 Å². The predicted molar refractivity (Wildman–Crippen MR) is 80.1 cm³/mol. The third-order valence-corrected chi connectivity index (χ3v) is 3.72. The van der Waals surface area contributed by atoms with E-state index in [1.807, 2.05) is 19.1 Å². The summed E-state index contributed by atoms with van der Waals surface area (Å²) in [5.41, 5.74) is 1.68. The molecule has 0 spiro atoms. The van der Waals surface area contributed by atoms with Gasteiger partial charge in [-0.15, -0.1) is 10.2 Å². The standard InChI is InChI=1S/C13H13N5O3S/c1-8-5-9(20-2)3-4-10(8)15-11(19)6-22-13-17-18-7-14-16-12(18)21-13/h3-5,7H,6H2,1-2H3,(H,15,19). The number of nitrogens with zero attached hydrogens (tertiary/aromatic N) is 4. The highest BCUT2D eigenvalue weighted by atomic mass is 32.2. The van der Waals surface area contributed by atoms with E-state index >= 15 is 0 Å². The zero-order valence-electron chi connectivity index (χ0n) is 11.9. The van der Waals surface area contributed by atoms with Gasteiger partial charge in [-0.3, -0.25) is 4.79 Å². The molecule has 1 aromatic carbocycles. The average molecular weight is 319 g/mol. The number of fused-ring (bicyclic) bond motifs is 1. The van der Waals surface area contributed by atoms with Crippen LogP contribution in [0, 0.1) is 6.92 Å². The summed E-state index contributed by atoms with van der Waals surface area (Å²) in [4.78, 5) is 12.0. The van der Waals surface area contributed by atoms with Crippen LogP contribution in [0.15, 0.2) is 34.2 Å². The van der Waals surface area contributed by atoms with Gasteiger partial charge in [-0.05, 0) is 30.7 Å². The van der Waals surface area contributed by atoms with E-state index in [1.165, 1.54) is 22.6 Å². The third-order valence-electron chi connectivity index (χ3n) is 2.90. The van der Waals surface area contributed by atoms with E-state index in [9.17, 15) is 4.79 Å². The number of amides is 1. The van der Waals surface area contributed by atoms with E-state index in [1.54, 1.807) is 13.2 Å². The maximum atomic E-state index is 12.0. The second kappa shape index (κ2) is 6.06. The van der Waals surface area contributed by atoms with Crippen molar-refractivity contribution in [1.82, 2.24) is 19.8 Å². The second-order valence-electron chi connectivity index (χ2n) is 4.44. The molecule has 0 saturated heterocycles. The van der Waals surface area contributed by atoms with Crippen LogP contribution in [0.25, 0.3) is 5.84 Å². The number of nitrogens with one attached hydrogen (secondary N) is 1. The molecule has 114 valence electrons. The molecule has 0 aliphatic carbocycles. The molecular weight excluding hydrogens is 306 g/mol. The van der Waals surface area contributed by atoms with Crippen molar-refractivity contribution in [2.24, 2.45) is 0 Å². The minimum atomic E-state index is -0.146. The first-order chi connectivity index (χ1) is 10.7. The Morgan fingerprint density at radius 1 is 1.50 bits per heavy atom. The number of rotatable bonds is 5. The van der Waals surface area contributed by atoms with Crippen LogP contribution in [0.2, 0.25) is 0 Å². The Labute approximate surface area is 129 Å². The lowest BCUT2D eigenvalue weighted by molar-refractivity contribution is -0.113. The number of hydrogen-bond acceptors (Lipinski definition) is 7. The van der Waals surface area contributed by atoms with Gasteiger partial charge in [-0.25, -0.2) is 0 Å². The highest BCUT2D eigenvalue weighted by Gasteiger charge is 2.11. The number of aryl methyl sites for hydroxylation is 1. The summed E-state index contributed by atoms with van der Waals surface area (Å²) in [6, 6.07) is 5.46. The van der Waals surface area contributed by atoms with Gasteiger partial charge in [-0.1, -0.05) is 16.9 Å². The molecule has 3 rings (SSSR count). The summed E-state index contributed by atoms with van der Waals surface area (Å²) in [5, 5.41) is 14.6. The van der Waals surface area contributed by atoms with E-state index in [0.717, 1.165) is 17.0 Å². The number of thioether (sulfide) groups is 1. The molecule has 1 N–H and O–H groups in total. The van der Waals surface area contributed by atoms with Gasteiger partial charge in [0.2, 0.25) is 5.91 Å². The summed E-state index contributed by atoms with van der Waals surface area (Å²) in [6.07, 6.45) is 1.43. The molecule has 2 aromatic heterocycles. The lowest BCUT2D eigenvalue weighted by Crippen LogP contribution is -2.14. The number of carbonyl (C=O) groups excluding carboxylic acids is 1. The molecule has 0 bridgehead atoms. The monoisotopic (exact) mass is 319 g/mol. The zero-order chi connectivity index (χ0) is 15.5. The Morgan fingerprint density at radius 3 is 3.09 bits per heavy atom. The minimum absolute atomic E-state index is 0.146. The Morgan fingerprint density at radius 2 is 2.36 bits per heavy atom. The van der Waals surface area contributed by atoms with Crippen molar-refractivity contribution in [2.45, 2.75) is 12.1 Å². The fraction of sp³-hybridized carbons (Fsp3) is 0.231. The molecule has 2 heterocycles. The Bertz CT molecular complexity index is 784. The van der Waals surface area contributed by atoms with Crippen LogP contribution in [0.5, 0.6) is 5.75 Å². The maximum Gasteiger partial charge on any atom is 0.345 e. The van der Waals surface area contributed by atoms with Crippen molar-refractivity contribution in [2.75, 3.05) is 18.2 Å². The van der Waals surface area contributed by atoms with E-state index in [-0.39, 0.29) is 11.7 Å². The lowest BCUT2D eigenvalue weighted by atomic mass is 10.2. The van der Waals surface area contributed by atoms with Gasteiger partial charge in [0, 0.05) is 5.69 Å². The zero-order valence-corrected chi connectivity index (χ0v) is 12.8. The van der Waals surface area contributed by atoms with Crippen molar-refractivity contribution in [1.29, 1.82) is 0 Å². The molecule has 0 aliphatic rings. The number of hydrogen-bond donors (Lipinski definition) is 1. The summed E-state index contributed by atoms with van der Waals surface area (Å²) < 4.78 is 11.8. The van der Waals surface area contributed by atoms with Crippen molar-refractivity contribution in [3.8, 4) is 5.75 Å². The topological polar surface area (TPSA) is 94.5 Å². The first-order valence-corrected chi connectivity index (χ1v) is 7.38. The number of methoxy groups -OCH3 is 1. The van der Waals surface area contributed by atoms with Gasteiger partial charge in [0.25, 0.3) is 5.22 Å². The molecule has 9 heteroatoms. The van der Waals surface area contributed by atoms with Crippen LogP contribution in [0.1, 0.15) is 5.56 Å². The first kappa shape index (κ1) is 14.4. The highest BCUT2D eigenvalue weighted by molar-refractivity contribution is 7.99. The fourth-order valence-electron chi connectivity index (χ4n) is 1.82. The second-order valence-corrected chi connectivity index (χ2v) is 5.37. The van der Waals surface area contributed by atoms with Gasteiger partial charge in [-0.2, -0.15) is 4.52 Å². The fourth-order valence-corrected chi connectivity index (χ4v) is 2.42. The summed E-state index contributed by atoms with van der Waals surface area (Å²) in [5.74, 6) is 1.09. The lowest BCUT2D eigenvalue weighted by Gasteiger charge is -2.09. The Kier molecular flexibility index (Phi) is 3.96. The van der Waals surface area contributed by atoms with Crippen molar-refractivity contribution >= 4 is 29.2 Å². The molecule has 0 saturated carbocycles. The first-order valence-electron chi connectivity index (χ1n) is 6.40. The molecule has 3 aromatic rings. The van der Waals surface area contributed by atoms with Crippen molar-refractivity contribution < 1.29 is 13.9 Å². The highest BCUT2D eigenvalue weighted by Crippen LogP contribution is 2.22. The van der Waals surface area contributed by atoms with E-state index in [0.29, 0.717) is 11.1 Å². The molecule has 22 heavy (non-hydrogen) atoms. The van der Waals surface area contributed by atoms with Gasteiger partial charge in [0.05, 0.1) is 12.9 Å². The molecule has 0 radical (unpaired) electrons. The maximum absolute atomic E-state index is 12.0. The normalized spacial score (nSPS) is 10.8. The predicted octanol–water partition coefficient (Wildman–Crippen LogP) is 1.77. The van der Waals surface area contributed by atoms with Crippen LogP contribution >= 0.6 is 11.8 Å². The Balaban J connectivity index is 1.59. The quantitative estimate of drug-likeness (QED) is 0.716. The van der Waals surface area contributed by atoms with Crippen LogP contribution < -0.4 is 10.1 Å². The number of carbonyl (C=O) groups is 1.